The van der Waals surface area contributed by atoms with Gasteiger partial charge in [0.1, 0.15) is 23.6 Å². The molecule has 0 aromatic heterocycles. The molecular weight excluding hydrogens is 576 g/mol. The Labute approximate surface area is 252 Å². The summed E-state index contributed by atoms with van der Waals surface area (Å²) in [5, 5.41) is 0. The normalized spacial score (nSPS) is 13.9. The van der Waals surface area contributed by atoms with Gasteiger partial charge in [0.2, 0.25) is 0 Å². The highest BCUT2D eigenvalue weighted by molar-refractivity contribution is 7.89. The first-order valence-electron chi connectivity index (χ1n) is 13.5. The van der Waals surface area contributed by atoms with E-state index in [1.165, 1.54) is 36.4 Å². The van der Waals surface area contributed by atoms with Crippen molar-refractivity contribution in [2.45, 2.75) is 77.0 Å². The Morgan fingerprint density at radius 1 is 0.884 bits per heavy atom. The number of carbonyl (C=O) groups is 4. The summed E-state index contributed by atoms with van der Waals surface area (Å²) in [7, 11) is -4.75. The van der Waals surface area contributed by atoms with Gasteiger partial charge in [-0.25, -0.2) is 18.0 Å². The summed E-state index contributed by atoms with van der Waals surface area (Å²) in [6, 6.07) is 9.65. The van der Waals surface area contributed by atoms with Gasteiger partial charge >= 0.3 is 12.1 Å². The summed E-state index contributed by atoms with van der Waals surface area (Å²) in [6.45, 7) is 10.7. The summed E-state index contributed by atoms with van der Waals surface area (Å²) < 4.78 is 44.8. The van der Waals surface area contributed by atoms with Gasteiger partial charge < -0.3 is 14.2 Å². The van der Waals surface area contributed by atoms with Crippen molar-refractivity contribution in [1.82, 2.24) is 9.21 Å². The summed E-state index contributed by atoms with van der Waals surface area (Å²) >= 11 is 0. The van der Waals surface area contributed by atoms with Gasteiger partial charge in [0.25, 0.3) is 21.8 Å². The molecule has 12 heteroatoms. The van der Waals surface area contributed by atoms with E-state index in [4.69, 9.17) is 14.2 Å². The van der Waals surface area contributed by atoms with Crippen LogP contribution in [-0.4, -0.2) is 71.9 Å². The molecule has 0 aliphatic carbocycles. The van der Waals surface area contributed by atoms with E-state index in [9.17, 15) is 27.6 Å². The molecule has 2 aromatic carbocycles. The number of esters is 1. The number of fused-ring (bicyclic) bond motifs is 1. The molecule has 0 bridgehead atoms. The number of nitrogens with zero attached hydrogens (tertiary/aromatic N) is 2. The molecule has 0 radical (unpaired) electrons. The highest BCUT2D eigenvalue weighted by Crippen LogP contribution is 2.28. The Bertz CT molecular complexity index is 1520. The molecule has 3 amide bonds. The zero-order valence-corrected chi connectivity index (χ0v) is 26.1. The van der Waals surface area contributed by atoms with Gasteiger partial charge in [-0.3, -0.25) is 14.5 Å². The zero-order valence-electron chi connectivity index (χ0n) is 25.3. The predicted molar refractivity (Wildman–Crippen MR) is 157 cm³/mol. The zero-order chi connectivity index (χ0) is 32.2. The van der Waals surface area contributed by atoms with Crippen LogP contribution in [0.3, 0.4) is 0 Å². The summed E-state index contributed by atoms with van der Waals surface area (Å²) in [6.07, 6.45) is -1.78. The van der Waals surface area contributed by atoms with E-state index in [0.29, 0.717) is 10.1 Å². The van der Waals surface area contributed by atoms with Crippen LogP contribution in [0.4, 0.5) is 4.79 Å². The summed E-state index contributed by atoms with van der Waals surface area (Å²) in [4.78, 5) is 53.7. The second-order valence-corrected chi connectivity index (χ2v) is 13.4. The lowest BCUT2D eigenvalue weighted by atomic mass is 10.1. The number of hydrogen-bond acceptors (Lipinski definition) is 9. The van der Waals surface area contributed by atoms with E-state index >= 15 is 0 Å². The number of sulfonamides is 1. The number of amides is 3. The molecule has 2 aromatic rings. The maximum atomic E-state index is 14.1. The second-order valence-electron chi connectivity index (χ2n) is 11.6. The molecule has 1 atom stereocenters. The van der Waals surface area contributed by atoms with Gasteiger partial charge in [0.15, 0.2) is 6.04 Å². The lowest BCUT2D eigenvalue weighted by Crippen LogP contribution is -2.53. The Morgan fingerprint density at radius 3 is 1.91 bits per heavy atom. The lowest BCUT2D eigenvalue weighted by Gasteiger charge is -2.33. The van der Waals surface area contributed by atoms with E-state index < -0.39 is 57.6 Å². The molecule has 0 fully saturated rings. The number of carbonyl (C=O) groups excluding carboxylic acids is 4. The van der Waals surface area contributed by atoms with Crippen molar-refractivity contribution in [3.63, 3.8) is 0 Å². The van der Waals surface area contributed by atoms with E-state index in [1.807, 2.05) is 0 Å². The molecule has 3 rings (SSSR count). The Hall–Kier alpha value is -4.37. The maximum absolute atomic E-state index is 14.1. The Kier molecular flexibility index (Phi) is 9.92. The average molecular weight is 613 g/mol. The molecule has 0 N–H and O–H groups in total. The molecule has 11 nitrogen and oxygen atoms in total. The van der Waals surface area contributed by atoms with Gasteiger partial charge in [-0.1, -0.05) is 18.1 Å². The van der Waals surface area contributed by atoms with Crippen LogP contribution < -0.4 is 4.74 Å². The first kappa shape index (κ1) is 33.1. The molecule has 0 unspecified atom stereocenters. The topological polar surface area (TPSA) is 137 Å². The third kappa shape index (κ3) is 8.14. The maximum Gasteiger partial charge on any atom is 0.425 e. The standard InChI is InChI=1S/C31H36N2O9S/c1-8-9-20-40-21-14-16-22(17-15-21)43(38,39)33(29(37)42-31(5,6)7)25(28(36)41-30(2,3)4)18-19-32-26(34)23-12-10-11-13-24(23)27(32)35/h10-17,25H,18-20H2,1-7H3/t25-/m1/s1. The average Bonchev–Trinajstić information content (AvgIpc) is 3.14. The van der Waals surface area contributed by atoms with E-state index in [-0.39, 0.29) is 29.2 Å². The quantitative estimate of drug-likeness (QED) is 0.229. The highest BCUT2D eigenvalue weighted by Gasteiger charge is 2.45. The summed E-state index contributed by atoms with van der Waals surface area (Å²) in [5.41, 5.74) is -1.83. The van der Waals surface area contributed by atoms with Crippen molar-refractivity contribution in [3.05, 3.63) is 59.7 Å². The SMILES string of the molecule is CC#CCOc1ccc(S(=O)(=O)N(C(=O)OC(C)(C)C)[C@H](CCN2C(=O)c3ccccc3C2=O)C(=O)OC(C)(C)C)cc1. The van der Waals surface area contributed by atoms with Crippen LogP contribution in [-0.2, 0) is 24.3 Å². The Balaban J connectivity index is 2.05. The van der Waals surface area contributed by atoms with Crippen LogP contribution in [0.1, 0.15) is 75.6 Å². The Morgan fingerprint density at radius 2 is 1.42 bits per heavy atom. The molecular formula is C31H36N2O9S. The number of imide groups is 1. The molecule has 0 saturated heterocycles. The minimum atomic E-state index is -4.75. The first-order chi connectivity index (χ1) is 20.0. The van der Waals surface area contributed by atoms with E-state index in [1.54, 1.807) is 60.6 Å². The molecule has 0 saturated carbocycles. The number of ether oxygens (including phenoxy) is 3. The number of rotatable bonds is 9. The van der Waals surface area contributed by atoms with Crippen molar-refractivity contribution in [1.29, 1.82) is 0 Å². The van der Waals surface area contributed by atoms with Crippen molar-refractivity contribution in [2.75, 3.05) is 13.2 Å². The smallest absolute Gasteiger partial charge is 0.425 e. The lowest BCUT2D eigenvalue weighted by molar-refractivity contribution is -0.159. The van der Waals surface area contributed by atoms with Gasteiger partial charge in [-0.05, 0) is 91.3 Å². The van der Waals surface area contributed by atoms with Crippen molar-refractivity contribution in [2.24, 2.45) is 0 Å². The van der Waals surface area contributed by atoms with Crippen LogP contribution in [0, 0.1) is 11.8 Å². The molecule has 230 valence electrons. The van der Waals surface area contributed by atoms with Gasteiger partial charge in [0.05, 0.1) is 16.0 Å². The van der Waals surface area contributed by atoms with Gasteiger partial charge in [0, 0.05) is 6.54 Å². The third-order valence-electron chi connectivity index (χ3n) is 5.91. The third-order valence-corrected chi connectivity index (χ3v) is 7.70. The number of hydrogen-bond donors (Lipinski definition) is 0. The molecule has 0 spiro atoms. The van der Waals surface area contributed by atoms with Crippen LogP contribution in [0.2, 0.25) is 0 Å². The molecule has 1 heterocycles. The van der Waals surface area contributed by atoms with E-state index in [0.717, 1.165) is 4.90 Å². The van der Waals surface area contributed by atoms with Crippen molar-refractivity contribution in [3.8, 4) is 17.6 Å². The van der Waals surface area contributed by atoms with Crippen LogP contribution in [0.25, 0.3) is 0 Å². The van der Waals surface area contributed by atoms with E-state index in [2.05, 4.69) is 11.8 Å². The molecule has 1 aliphatic heterocycles. The second kappa shape index (κ2) is 12.9. The van der Waals surface area contributed by atoms with Crippen LogP contribution in [0.5, 0.6) is 5.75 Å². The minimum absolute atomic E-state index is 0.0884. The fourth-order valence-corrected chi connectivity index (χ4v) is 5.57. The monoisotopic (exact) mass is 612 g/mol. The minimum Gasteiger partial charge on any atom is -0.481 e. The highest BCUT2D eigenvalue weighted by atomic mass is 32.2. The number of benzene rings is 2. The first-order valence-corrected chi connectivity index (χ1v) is 15.0. The largest absolute Gasteiger partial charge is 0.481 e. The van der Waals surface area contributed by atoms with Crippen LogP contribution >= 0.6 is 0 Å². The predicted octanol–water partition coefficient (Wildman–Crippen LogP) is 4.41. The van der Waals surface area contributed by atoms with Crippen LogP contribution in [0.15, 0.2) is 53.4 Å². The fraction of sp³-hybridized carbons (Fsp3) is 0.419. The van der Waals surface area contributed by atoms with Crippen molar-refractivity contribution < 1.29 is 41.8 Å². The molecule has 1 aliphatic rings. The summed E-state index contributed by atoms with van der Waals surface area (Å²) in [5.74, 6) is 3.49. The van der Waals surface area contributed by atoms with Gasteiger partial charge in [-0.15, -0.1) is 5.92 Å². The van der Waals surface area contributed by atoms with Gasteiger partial charge in [-0.2, -0.15) is 4.31 Å². The fourth-order valence-electron chi connectivity index (χ4n) is 4.11. The molecule has 43 heavy (non-hydrogen) atoms. The van der Waals surface area contributed by atoms with Crippen molar-refractivity contribution >= 4 is 33.9 Å².